The summed E-state index contributed by atoms with van der Waals surface area (Å²) >= 11 is 0. The maximum Gasteiger partial charge on any atom is 0.266 e. The molecule has 0 fully saturated rings. The number of carbonyl (C=O) groups is 2. The standard InChI is InChI=1S/C23H18FN3O2/c1-15(16-9-11-17(24)12-10-16)26-14-20-18-6-2-3-7-19(18)22(28)27(23(20)29)21-8-4-5-13-25-21/h2-15,20H,1H3/t15-,20?/m0/s1. The van der Waals surface area contributed by atoms with Gasteiger partial charge in [-0.05, 0) is 48.4 Å². The van der Waals surface area contributed by atoms with E-state index in [9.17, 15) is 14.0 Å². The van der Waals surface area contributed by atoms with Gasteiger partial charge in [-0.2, -0.15) is 0 Å². The van der Waals surface area contributed by atoms with Gasteiger partial charge in [0.15, 0.2) is 0 Å². The third kappa shape index (κ3) is 3.57. The Kier molecular flexibility index (Phi) is 4.99. The Bertz CT molecular complexity index is 1080. The molecule has 1 aliphatic rings. The van der Waals surface area contributed by atoms with Crippen LogP contribution in [0.3, 0.4) is 0 Å². The average Bonchev–Trinajstić information content (AvgIpc) is 2.75. The monoisotopic (exact) mass is 387 g/mol. The lowest BCUT2D eigenvalue weighted by Crippen LogP contribution is -2.46. The Morgan fingerprint density at radius 2 is 1.76 bits per heavy atom. The fourth-order valence-corrected chi connectivity index (χ4v) is 3.35. The number of hydrogen-bond acceptors (Lipinski definition) is 4. The SMILES string of the molecule is C[C@H](N=CC1C(=O)N(c2ccccn2)C(=O)c2ccccc21)c1ccc(F)cc1. The summed E-state index contributed by atoms with van der Waals surface area (Å²) in [6, 6.07) is 17.9. The minimum absolute atomic E-state index is 0.267. The normalized spacial score (nSPS) is 17.4. The van der Waals surface area contributed by atoms with Crippen LogP contribution >= 0.6 is 0 Å². The van der Waals surface area contributed by atoms with E-state index in [0.717, 1.165) is 10.5 Å². The minimum atomic E-state index is -0.714. The lowest BCUT2D eigenvalue weighted by atomic mass is 9.89. The zero-order chi connectivity index (χ0) is 20.4. The van der Waals surface area contributed by atoms with Gasteiger partial charge in [-0.25, -0.2) is 14.3 Å². The van der Waals surface area contributed by atoms with Gasteiger partial charge in [-0.1, -0.05) is 36.4 Å². The molecule has 0 saturated heterocycles. The summed E-state index contributed by atoms with van der Waals surface area (Å²) in [5, 5.41) is 0. The van der Waals surface area contributed by atoms with Gasteiger partial charge in [0.05, 0.1) is 12.0 Å². The van der Waals surface area contributed by atoms with E-state index in [1.807, 2.05) is 6.92 Å². The van der Waals surface area contributed by atoms with E-state index in [1.165, 1.54) is 18.3 Å². The van der Waals surface area contributed by atoms with Crippen LogP contribution in [0.2, 0.25) is 0 Å². The highest BCUT2D eigenvalue weighted by atomic mass is 19.1. The first kappa shape index (κ1) is 18.7. The number of aromatic nitrogens is 1. The second-order valence-corrected chi connectivity index (χ2v) is 6.76. The molecule has 2 aromatic carbocycles. The van der Waals surface area contributed by atoms with Crippen molar-refractivity contribution in [3.8, 4) is 0 Å². The predicted octanol–water partition coefficient (Wildman–Crippen LogP) is 4.32. The van der Waals surface area contributed by atoms with Gasteiger partial charge in [0.2, 0.25) is 5.91 Å². The van der Waals surface area contributed by atoms with Crippen molar-refractivity contribution in [2.45, 2.75) is 18.9 Å². The number of carbonyl (C=O) groups excluding carboxylic acids is 2. The summed E-state index contributed by atoms with van der Waals surface area (Å²) in [6.45, 7) is 1.87. The van der Waals surface area contributed by atoms with Crippen LogP contribution in [0.4, 0.5) is 10.2 Å². The molecule has 2 atom stereocenters. The van der Waals surface area contributed by atoms with Crippen LogP contribution in [-0.4, -0.2) is 23.0 Å². The zero-order valence-corrected chi connectivity index (χ0v) is 15.7. The van der Waals surface area contributed by atoms with Gasteiger partial charge in [0.25, 0.3) is 5.91 Å². The lowest BCUT2D eigenvalue weighted by molar-refractivity contribution is -0.118. The summed E-state index contributed by atoms with van der Waals surface area (Å²) in [7, 11) is 0. The molecule has 1 aliphatic heterocycles. The van der Waals surface area contributed by atoms with Crippen molar-refractivity contribution in [1.29, 1.82) is 0 Å². The van der Waals surface area contributed by atoms with E-state index in [-0.39, 0.29) is 17.7 Å². The number of anilines is 1. The number of imide groups is 1. The van der Waals surface area contributed by atoms with Crippen molar-refractivity contribution in [2.24, 2.45) is 4.99 Å². The number of halogens is 1. The molecular weight excluding hydrogens is 369 g/mol. The molecule has 144 valence electrons. The fraction of sp³-hybridized carbons (Fsp3) is 0.130. The molecule has 5 nitrogen and oxygen atoms in total. The summed E-state index contributed by atoms with van der Waals surface area (Å²) in [6.07, 6.45) is 3.10. The van der Waals surface area contributed by atoms with Crippen LogP contribution in [0.1, 0.15) is 40.4 Å². The maximum absolute atomic E-state index is 13.2. The molecule has 3 aromatic rings. The maximum atomic E-state index is 13.2. The molecule has 2 amide bonds. The van der Waals surface area contributed by atoms with Crippen LogP contribution in [-0.2, 0) is 4.79 Å². The zero-order valence-electron chi connectivity index (χ0n) is 15.7. The lowest BCUT2D eigenvalue weighted by Gasteiger charge is -2.30. The third-order valence-corrected chi connectivity index (χ3v) is 4.91. The van der Waals surface area contributed by atoms with Gasteiger partial charge < -0.3 is 0 Å². The average molecular weight is 387 g/mol. The van der Waals surface area contributed by atoms with Gasteiger partial charge in [-0.15, -0.1) is 0 Å². The molecule has 6 heteroatoms. The van der Waals surface area contributed by atoms with Gasteiger partial charge in [0, 0.05) is 18.0 Å². The molecule has 0 radical (unpaired) electrons. The molecule has 0 aliphatic carbocycles. The topological polar surface area (TPSA) is 62.6 Å². The second kappa shape index (κ2) is 7.75. The number of pyridine rings is 1. The summed E-state index contributed by atoms with van der Waals surface area (Å²) in [5.41, 5.74) is 1.89. The van der Waals surface area contributed by atoms with E-state index in [0.29, 0.717) is 11.1 Å². The number of rotatable bonds is 4. The van der Waals surface area contributed by atoms with E-state index in [2.05, 4.69) is 9.98 Å². The Morgan fingerprint density at radius 1 is 1.03 bits per heavy atom. The molecule has 0 N–H and O–H groups in total. The van der Waals surface area contributed by atoms with Crippen LogP contribution in [0, 0.1) is 5.82 Å². The number of amides is 2. The molecule has 2 heterocycles. The summed E-state index contributed by atoms with van der Waals surface area (Å²) in [5.74, 6) is -1.55. The third-order valence-electron chi connectivity index (χ3n) is 4.91. The van der Waals surface area contributed by atoms with Gasteiger partial charge in [-0.3, -0.25) is 14.6 Å². The van der Waals surface area contributed by atoms with Crippen molar-refractivity contribution in [1.82, 2.24) is 4.98 Å². The number of benzene rings is 2. The molecule has 0 bridgehead atoms. The van der Waals surface area contributed by atoms with E-state index in [4.69, 9.17) is 0 Å². The van der Waals surface area contributed by atoms with E-state index < -0.39 is 17.7 Å². The Morgan fingerprint density at radius 3 is 2.48 bits per heavy atom. The molecular formula is C23H18FN3O2. The van der Waals surface area contributed by atoms with Crippen molar-refractivity contribution in [2.75, 3.05) is 4.90 Å². The summed E-state index contributed by atoms with van der Waals surface area (Å²) < 4.78 is 13.2. The fourth-order valence-electron chi connectivity index (χ4n) is 3.35. The van der Waals surface area contributed by atoms with Crippen LogP contribution in [0.5, 0.6) is 0 Å². The van der Waals surface area contributed by atoms with Crippen molar-refractivity contribution in [3.63, 3.8) is 0 Å². The molecule has 0 spiro atoms. The molecule has 29 heavy (non-hydrogen) atoms. The van der Waals surface area contributed by atoms with Gasteiger partial charge in [0.1, 0.15) is 11.6 Å². The minimum Gasteiger partial charge on any atom is -0.289 e. The second-order valence-electron chi connectivity index (χ2n) is 6.76. The molecule has 1 aromatic heterocycles. The molecule has 4 rings (SSSR count). The van der Waals surface area contributed by atoms with Crippen molar-refractivity contribution < 1.29 is 14.0 Å². The Balaban J connectivity index is 1.71. The molecule has 1 unspecified atom stereocenters. The number of fused-ring (bicyclic) bond motifs is 1. The number of hydrogen-bond donors (Lipinski definition) is 0. The first-order valence-corrected chi connectivity index (χ1v) is 9.23. The van der Waals surface area contributed by atoms with Gasteiger partial charge >= 0.3 is 0 Å². The first-order chi connectivity index (χ1) is 14.1. The summed E-state index contributed by atoms with van der Waals surface area (Å²) in [4.78, 5) is 36.0. The Hall–Kier alpha value is -3.67. The quantitative estimate of drug-likeness (QED) is 0.495. The van der Waals surface area contributed by atoms with Crippen molar-refractivity contribution in [3.05, 3.63) is 95.4 Å². The first-order valence-electron chi connectivity index (χ1n) is 9.23. The number of nitrogens with zero attached hydrogens (tertiary/aromatic N) is 3. The number of aliphatic imine (C=N–C) groups is 1. The predicted molar refractivity (Wildman–Crippen MR) is 109 cm³/mol. The smallest absolute Gasteiger partial charge is 0.266 e. The van der Waals surface area contributed by atoms with Crippen molar-refractivity contribution >= 4 is 23.8 Å². The van der Waals surface area contributed by atoms with Crippen LogP contribution in [0.15, 0.2) is 77.9 Å². The highest BCUT2D eigenvalue weighted by molar-refractivity contribution is 6.28. The van der Waals surface area contributed by atoms with E-state index in [1.54, 1.807) is 60.8 Å². The van der Waals surface area contributed by atoms with Crippen LogP contribution < -0.4 is 4.90 Å². The highest BCUT2D eigenvalue weighted by Gasteiger charge is 2.39. The van der Waals surface area contributed by atoms with Crippen LogP contribution in [0.25, 0.3) is 0 Å². The largest absolute Gasteiger partial charge is 0.289 e. The highest BCUT2D eigenvalue weighted by Crippen LogP contribution is 2.31. The van der Waals surface area contributed by atoms with E-state index >= 15 is 0 Å². The molecule has 0 saturated carbocycles. The Labute approximate surface area is 167 Å².